The van der Waals surface area contributed by atoms with E-state index in [1.165, 1.54) is 0 Å². The van der Waals surface area contributed by atoms with Crippen LogP contribution < -0.4 is 16.0 Å². The normalized spacial score (nSPS) is 12.6. The zero-order chi connectivity index (χ0) is 20.9. The van der Waals surface area contributed by atoms with Crippen molar-refractivity contribution in [1.82, 2.24) is 4.98 Å². The van der Waals surface area contributed by atoms with Crippen molar-refractivity contribution in [2.75, 3.05) is 22.5 Å². The van der Waals surface area contributed by atoms with Gasteiger partial charge in [-0.2, -0.15) is 0 Å². The average Bonchev–Trinajstić information content (AvgIpc) is 3.28. The molecule has 1 radical (unpaired) electrons. The van der Waals surface area contributed by atoms with Gasteiger partial charge in [0.2, 0.25) is 0 Å². The van der Waals surface area contributed by atoms with Crippen LogP contribution in [0.2, 0.25) is 5.02 Å². The first-order valence-electron chi connectivity index (χ1n) is 8.92. The molecule has 0 saturated carbocycles. The number of anilines is 3. The van der Waals surface area contributed by atoms with Gasteiger partial charge in [0.15, 0.2) is 12.9 Å². The molecular weight excluding hydrogens is 424 g/mol. The molecule has 0 atom stereocenters. The van der Waals surface area contributed by atoms with Crippen LogP contribution in [0.15, 0.2) is 54.2 Å². The van der Waals surface area contributed by atoms with Gasteiger partial charge in [0.25, 0.3) is 0 Å². The number of fused-ring (bicyclic) bond motifs is 1. The Balaban J connectivity index is 1.67. The topological polar surface area (TPSA) is 92.4 Å². The number of aromatic nitrogens is 1. The summed E-state index contributed by atoms with van der Waals surface area (Å²) in [5, 5.41) is 11.1. The Hall–Kier alpha value is -3.36. The molecule has 2 aromatic heterocycles. The van der Waals surface area contributed by atoms with Gasteiger partial charge in [0, 0.05) is 46.3 Å². The van der Waals surface area contributed by atoms with Crippen LogP contribution in [-0.2, 0) is 9.53 Å². The van der Waals surface area contributed by atoms with Crippen molar-refractivity contribution < 1.29 is 14.3 Å². The van der Waals surface area contributed by atoms with Crippen LogP contribution in [0.4, 0.5) is 21.9 Å². The molecule has 0 aliphatic carbocycles. The summed E-state index contributed by atoms with van der Waals surface area (Å²) < 4.78 is 5.67. The summed E-state index contributed by atoms with van der Waals surface area (Å²) in [7, 11) is 0. The van der Waals surface area contributed by atoms with Gasteiger partial charge in [-0.15, -0.1) is 11.3 Å². The number of carbonyl (C=O) groups is 2. The molecule has 151 valence electrons. The Labute approximate surface area is 181 Å². The number of hydrogen-bond acceptors (Lipinski definition) is 6. The molecule has 7 nitrogen and oxygen atoms in total. The first kappa shape index (κ1) is 19.9. The van der Waals surface area contributed by atoms with Crippen LogP contribution in [0.5, 0.6) is 0 Å². The van der Waals surface area contributed by atoms with Crippen molar-refractivity contribution in [3.63, 3.8) is 0 Å². The average molecular weight is 440 g/mol. The molecule has 0 fully saturated rings. The minimum absolute atomic E-state index is 0.365. The lowest BCUT2D eigenvalue weighted by atomic mass is 10.00. The molecule has 9 heteroatoms. The number of rotatable bonds is 6. The fourth-order valence-electron chi connectivity index (χ4n) is 3.03. The van der Waals surface area contributed by atoms with E-state index in [9.17, 15) is 9.59 Å². The Bertz CT molecular complexity index is 1100. The van der Waals surface area contributed by atoms with Gasteiger partial charge < -0.3 is 20.7 Å². The number of thiophene rings is 1. The van der Waals surface area contributed by atoms with E-state index in [1.54, 1.807) is 48.0 Å². The van der Waals surface area contributed by atoms with Crippen molar-refractivity contribution in [3.8, 4) is 0 Å². The van der Waals surface area contributed by atoms with Crippen LogP contribution >= 0.6 is 22.9 Å². The minimum Gasteiger partial charge on any atom is -0.477 e. The standard InChI is InChI=1S/C21H16ClN4O3S/c22-16-11-17-14(10-18(16)26-21(28)25-13-3-5-23-6-4-13)20(29-8-7-27)15(12-24-17)19-2-1-9-30-19/h1-11,24H,12H2,(H2,23,25,26,28). The molecule has 30 heavy (non-hydrogen) atoms. The highest BCUT2D eigenvalue weighted by Gasteiger charge is 2.24. The number of aldehydes is 1. The smallest absolute Gasteiger partial charge is 0.323 e. The summed E-state index contributed by atoms with van der Waals surface area (Å²) in [4.78, 5) is 28.2. The second-order valence-electron chi connectivity index (χ2n) is 6.22. The molecule has 1 aromatic carbocycles. The Morgan fingerprint density at radius 3 is 2.80 bits per heavy atom. The first-order valence-corrected chi connectivity index (χ1v) is 10.2. The number of carbonyl (C=O) groups excluding carboxylic acids is 2. The molecule has 1 aliphatic heterocycles. The number of nitrogens with one attached hydrogen (secondary N) is 3. The number of benzene rings is 1. The fraction of sp³-hybridized carbons (Fsp3) is 0.0476. The third kappa shape index (κ3) is 4.29. The summed E-state index contributed by atoms with van der Waals surface area (Å²) in [6, 6.07) is 10.3. The zero-order valence-electron chi connectivity index (χ0n) is 15.5. The minimum atomic E-state index is -0.448. The molecule has 3 aromatic rings. The number of ether oxygens (including phenoxy) is 1. The van der Waals surface area contributed by atoms with E-state index < -0.39 is 6.03 Å². The molecule has 4 rings (SSSR count). The predicted molar refractivity (Wildman–Crippen MR) is 119 cm³/mol. The maximum Gasteiger partial charge on any atom is 0.323 e. The van der Waals surface area contributed by atoms with Crippen LogP contribution in [0.1, 0.15) is 10.4 Å². The highest BCUT2D eigenvalue weighted by Crippen LogP contribution is 2.41. The SMILES string of the molecule is O=C[CH]OC1=C(c2cccs2)CNc2cc(Cl)c(NC(=O)Nc3ccncc3)cc21. The molecule has 0 saturated heterocycles. The highest BCUT2D eigenvalue weighted by molar-refractivity contribution is 7.11. The van der Waals surface area contributed by atoms with Crippen LogP contribution in [0, 0.1) is 6.61 Å². The van der Waals surface area contributed by atoms with E-state index in [4.69, 9.17) is 16.3 Å². The summed E-state index contributed by atoms with van der Waals surface area (Å²) in [6.45, 7) is 1.61. The second kappa shape index (κ2) is 8.98. The highest BCUT2D eigenvalue weighted by atomic mass is 35.5. The van der Waals surface area contributed by atoms with Crippen LogP contribution in [0.25, 0.3) is 11.3 Å². The molecular formula is C21H16ClN4O3S. The number of pyridine rings is 1. The van der Waals surface area contributed by atoms with Crippen molar-refractivity contribution in [2.45, 2.75) is 0 Å². The van der Waals surface area contributed by atoms with Crippen LogP contribution in [-0.4, -0.2) is 23.8 Å². The van der Waals surface area contributed by atoms with Crippen molar-refractivity contribution >= 4 is 63.6 Å². The number of urea groups is 1. The van der Waals surface area contributed by atoms with Crippen molar-refractivity contribution in [1.29, 1.82) is 0 Å². The third-order valence-electron chi connectivity index (χ3n) is 4.33. The lowest BCUT2D eigenvalue weighted by Crippen LogP contribution is -2.20. The fourth-order valence-corrected chi connectivity index (χ4v) is 4.01. The Morgan fingerprint density at radius 1 is 1.23 bits per heavy atom. The van der Waals surface area contributed by atoms with Gasteiger partial charge in [-0.05, 0) is 35.7 Å². The van der Waals surface area contributed by atoms with Gasteiger partial charge in [0.05, 0.1) is 10.7 Å². The molecule has 3 heterocycles. The van der Waals surface area contributed by atoms with Gasteiger partial charge in [0.1, 0.15) is 5.76 Å². The number of halogens is 1. The quantitative estimate of drug-likeness (QED) is 0.464. The molecule has 1 aliphatic rings. The van der Waals surface area contributed by atoms with Crippen molar-refractivity contribution in [3.05, 3.63) is 76.2 Å². The second-order valence-corrected chi connectivity index (χ2v) is 7.58. The maximum atomic E-state index is 12.4. The van der Waals surface area contributed by atoms with Gasteiger partial charge >= 0.3 is 6.03 Å². The third-order valence-corrected chi connectivity index (χ3v) is 5.57. The summed E-state index contributed by atoms with van der Waals surface area (Å²) in [5.41, 5.74) is 3.34. The summed E-state index contributed by atoms with van der Waals surface area (Å²) in [6.07, 6.45) is 3.74. The largest absolute Gasteiger partial charge is 0.477 e. The molecule has 2 amide bonds. The first-order chi connectivity index (χ1) is 14.7. The van der Waals surface area contributed by atoms with E-state index in [1.807, 2.05) is 17.5 Å². The summed E-state index contributed by atoms with van der Waals surface area (Å²) >= 11 is 7.95. The van der Waals surface area contributed by atoms with E-state index in [-0.39, 0.29) is 0 Å². The molecule has 0 unspecified atom stereocenters. The lowest BCUT2D eigenvalue weighted by molar-refractivity contribution is -0.107. The monoisotopic (exact) mass is 439 g/mol. The van der Waals surface area contributed by atoms with Crippen LogP contribution in [0.3, 0.4) is 0 Å². The van der Waals surface area contributed by atoms with Gasteiger partial charge in [-0.3, -0.25) is 9.78 Å². The molecule has 3 N–H and O–H groups in total. The zero-order valence-corrected chi connectivity index (χ0v) is 17.1. The lowest BCUT2D eigenvalue weighted by Gasteiger charge is -2.25. The number of nitrogens with zero attached hydrogens (tertiary/aromatic N) is 1. The molecule has 0 spiro atoms. The Morgan fingerprint density at radius 2 is 2.07 bits per heavy atom. The summed E-state index contributed by atoms with van der Waals surface area (Å²) in [5.74, 6) is 0.535. The molecule has 0 bridgehead atoms. The van der Waals surface area contributed by atoms with Crippen molar-refractivity contribution in [2.24, 2.45) is 0 Å². The van der Waals surface area contributed by atoms with E-state index >= 15 is 0 Å². The van der Waals surface area contributed by atoms with E-state index in [2.05, 4.69) is 20.9 Å². The van der Waals surface area contributed by atoms with Gasteiger partial charge in [-0.1, -0.05) is 17.7 Å². The van der Waals surface area contributed by atoms with E-state index in [0.29, 0.717) is 40.6 Å². The van der Waals surface area contributed by atoms with Gasteiger partial charge in [-0.25, -0.2) is 4.79 Å². The number of amides is 2. The Kier molecular flexibility index (Phi) is 5.97. The maximum absolute atomic E-state index is 12.4. The number of hydrogen-bond donors (Lipinski definition) is 3. The predicted octanol–water partition coefficient (Wildman–Crippen LogP) is 5.11. The van der Waals surface area contributed by atoms with E-state index in [0.717, 1.165) is 22.7 Å².